The average molecular weight is 202 g/mol. The van der Waals surface area contributed by atoms with Gasteiger partial charge in [0.1, 0.15) is 0 Å². The van der Waals surface area contributed by atoms with Crippen molar-refractivity contribution in [3.8, 4) is 0 Å². The van der Waals surface area contributed by atoms with Gasteiger partial charge < -0.3 is 21.7 Å². The Morgan fingerprint density at radius 3 is 2.64 bits per heavy atom. The molecule has 0 amide bonds. The summed E-state index contributed by atoms with van der Waals surface area (Å²) < 4.78 is 0. The van der Waals surface area contributed by atoms with Crippen LogP contribution >= 0.6 is 0 Å². The van der Waals surface area contributed by atoms with Gasteiger partial charge in [0, 0.05) is 11.6 Å². The first kappa shape index (κ1) is 11.9. The van der Waals surface area contributed by atoms with Crippen molar-refractivity contribution >= 4 is 0 Å². The van der Waals surface area contributed by atoms with Crippen molar-refractivity contribution in [1.29, 1.82) is 0 Å². The maximum atomic E-state index is 8.72. The van der Waals surface area contributed by atoms with Crippen molar-refractivity contribution in [2.24, 2.45) is 11.5 Å². The van der Waals surface area contributed by atoms with Crippen LogP contribution in [0.5, 0.6) is 0 Å². The van der Waals surface area contributed by atoms with Crippen LogP contribution < -0.4 is 11.5 Å². The van der Waals surface area contributed by atoms with Crippen molar-refractivity contribution in [3.05, 3.63) is 0 Å². The number of aliphatic hydroxyl groups excluding tert-OH is 1. The fourth-order valence-corrected chi connectivity index (χ4v) is 2.22. The summed E-state index contributed by atoms with van der Waals surface area (Å²) in [7, 11) is 0. The number of aliphatic hydroxyl groups is 2. The smallest absolute Gasteiger partial charge is 0.151 e. The fourth-order valence-electron chi connectivity index (χ4n) is 2.22. The molecule has 2 unspecified atom stereocenters. The Kier molecular flexibility index (Phi) is 4.31. The summed E-state index contributed by atoms with van der Waals surface area (Å²) in [6.45, 7) is 0. The summed E-state index contributed by atoms with van der Waals surface area (Å²) in [6.07, 6.45) is 5.00. The topological polar surface area (TPSA) is 92.5 Å². The third-order valence-corrected chi connectivity index (χ3v) is 3.25. The number of nitrogens with two attached hydrogens (primary N) is 2. The molecule has 1 aliphatic carbocycles. The third-order valence-electron chi connectivity index (χ3n) is 3.25. The highest BCUT2D eigenvalue weighted by Gasteiger charge is 2.34. The Morgan fingerprint density at radius 2 is 2.07 bits per heavy atom. The molecule has 1 fully saturated rings. The highest BCUT2D eigenvalue weighted by atomic mass is 16.5. The summed E-state index contributed by atoms with van der Waals surface area (Å²) in [5.41, 5.74) is 11.9. The molecule has 0 spiro atoms. The van der Waals surface area contributed by atoms with Gasteiger partial charge in [0.25, 0.3) is 0 Å². The largest absolute Gasteiger partial charge is 0.368 e. The zero-order chi connectivity index (χ0) is 10.6. The first-order valence-electron chi connectivity index (χ1n) is 5.45. The van der Waals surface area contributed by atoms with E-state index in [1.807, 2.05) is 0 Å². The minimum absolute atomic E-state index is 0.0760. The van der Waals surface area contributed by atoms with E-state index in [1.165, 1.54) is 6.42 Å². The van der Waals surface area contributed by atoms with E-state index in [1.54, 1.807) is 0 Å². The van der Waals surface area contributed by atoms with E-state index >= 15 is 0 Å². The van der Waals surface area contributed by atoms with Gasteiger partial charge >= 0.3 is 0 Å². The molecule has 1 rings (SSSR count). The van der Waals surface area contributed by atoms with Gasteiger partial charge in [-0.1, -0.05) is 12.8 Å². The zero-order valence-electron chi connectivity index (χ0n) is 8.65. The summed E-state index contributed by atoms with van der Waals surface area (Å²) in [4.78, 5) is 0. The van der Waals surface area contributed by atoms with Crippen LogP contribution in [0.25, 0.3) is 0 Å². The number of rotatable bonds is 4. The van der Waals surface area contributed by atoms with E-state index in [2.05, 4.69) is 0 Å². The van der Waals surface area contributed by atoms with E-state index in [0.29, 0.717) is 6.42 Å². The van der Waals surface area contributed by atoms with Gasteiger partial charge in [0.05, 0.1) is 0 Å². The number of hydrogen-bond acceptors (Lipinski definition) is 4. The maximum Gasteiger partial charge on any atom is 0.151 e. The van der Waals surface area contributed by atoms with Crippen LogP contribution in [0.2, 0.25) is 0 Å². The molecule has 0 aromatic carbocycles. The maximum absolute atomic E-state index is 8.72. The minimum atomic E-state index is -1.21. The number of hydrogen-bond donors (Lipinski definition) is 4. The van der Waals surface area contributed by atoms with E-state index in [9.17, 15) is 0 Å². The highest BCUT2D eigenvalue weighted by Crippen LogP contribution is 2.29. The Labute approximate surface area is 85.3 Å². The first-order chi connectivity index (χ1) is 6.54. The van der Waals surface area contributed by atoms with Gasteiger partial charge in [0.15, 0.2) is 6.29 Å². The molecular formula is C10H22N2O2. The normalized spacial score (nSPS) is 33.6. The van der Waals surface area contributed by atoms with Crippen molar-refractivity contribution in [2.45, 2.75) is 62.8 Å². The Bertz CT molecular complexity index is 176. The van der Waals surface area contributed by atoms with Crippen LogP contribution in [0, 0.1) is 0 Å². The van der Waals surface area contributed by atoms with Crippen molar-refractivity contribution < 1.29 is 10.2 Å². The second kappa shape index (κ2) is 5.07. The first-order valence-corrected chi connectivity index (χ1v) is 5.45. The van der Waals surface area contributed by atoms with Crippen LogP contribution in [0.15, 0.2) is 0 Å². The van der Waals surface area contributed by atoms with E-state index in [4.69, 9.17) is 21.7 Å². The average Bonchev–Trinajstić information content (AvgIpc) is 2.10. The van der Waals surface area contributed by atoms with Crippen LogP contribution in [-0.4, -0.2) is 28.1 Å². The minimum Gasteiger partial charge on any atom is -0.368 e. The predicted molar refractivity (Wildman–Crippen MR) is 55.4 cm³/mol. The lowest BCUT2D eigenvalue weighted by Crippen LogP contribution is -2.57. The zero-order valence-corrected chi connectivity index (χ0v) is 8.65. The molecule has 0 radical (unpaired) electrons. The molecule has 0 saturated heterocycles. The quantitative estimate of drug-likeness (QED) is 0.485. The highest BCUT2D eigenvalue weighted by molar-refractivity contribution is 4.96. The Balaban J connectivity index is 2.32. The second-order valence-electron chi connectivity index (χ2n) is 4.46. The molecular weight excluding hydrogens is 180 g/mol. The van der Waals surface area contributed by atoms with Crippen molar-refractivity contribution in [2.75, 3.05) is 0 Å². The molecule has 84 valence electrons. The molecule has 6 N–H and O–H groups in total. The molecule has 2 atom stereocenters. The van der Waals surface area contributed by atoms with Gasteiger partial charge in [0.2, 0.25) is 0 Å². The molecule has 1 saturated carbocycles. The predicted octanol–water partition coefficient (Wildman–Crippen LogP) is 0.0662. The lowest BCUT2D eigenvalue weighted by molar-refractivity contribution is -0.0477. The van der Waals surface area contributed by atoms with E-state index in [0.717, 1.165) is 32.1 Å². The molecule has 0 aromatic heterocycles. The van der Waals surface area contributed by atoms with E-state index in [-0.39, 0.29) is 11.6 Å². The summed E-state index contributed by atoms with van der Waals surface area (Å²) in [5, 5.41) is 17.4. The Hall–Kier alpha value is -0.160. The van der Waals surface area contributed by atoms with Crippen molar-refractivity contribution in [3.63, 3.8) is 0 Å². The summed E-state index contributed by atoms with van der Waals surface area (Å²) in [6, 6.07) is 0.0760. The molecule has 0 aromatic rings. The monoisotopic (exact) mass is 202 g/mol. The fraction of sp³-hybridized carbons (Fsp3) is 1.00. The van der Waals surface area contributed by atoms with Crippen LogP contribution in [0.1, 0.15) is 44.9 Å². The SMILES string of the molecule is NC1CCCCC1(N)CCCC(O)O. The second-order valence-corrected chi connectivity index (χ2v) is 4.46. The van der Waals surface area contributed by atoms with Gasteiger partial charge in [-0.25, -0.2) is 0 Å². The lowest BCUT2D eigenvalue weighted by Gasteiger charge is -2.39. The molecule has 0 heterocycles. The van der Waals surface area contributed by atoms with Crippen LogP contribution in [0.3, 0.4) is 0 Å². The van der Waals surface area contributed by atoms with Gasteiger partial charge in [-0.05, 0) is 32.1 Å². The molecule has 14 heavy (non-hydrogen) atoms. The van der Waals surface area contributed by atoms with E-state index < -0.39 is 6.29 Å². The molecule has 1 aliphatic rings. The van der Waals surface area contributed by atoms with Gasteiger partial charge in [-0.3, -0.25) is 0 Å². The van der Waals surface area contributed by atoms with Gasteiger partial charge in [-0.2, -0.15) is 0 Å². The molecule has 0 bridgehead atoms. The van der Waals surface area contributed by atoms with Crippen LogP contribution in [-0.2, 0) is 0 Å². The lowest BCUT2D eigenvalue weighted by atomic mass is 9.75. The third kappa shape index (κ3) is 3.20. The van der Waals surface area contributed by atoms with Crippen LogP contribution in [0.4, 0.5) is 0 Å². The molecule has 0 aliphatic heterocycles. The van der Waals surface area contributed by atoms with Gasteiger partial charge in [-0.15, -0.1) is 0 Å². The summed E-state index contributed by atoms with van der Waals surface area (Å²) in [5.74, 6) is 0. The summed E-state index contributed by atoms with van der Waals surface area (Å²) >= 11 is 0. The standard InChI is InChI=1S/C10H22N2O2/c11-8-4-1-2-6-10(8,12)7-3-5-9(13)14/h8-9,13-14H,1-7,11-12H2. The van der Waals surface area contributed by atoms with Crippen molar-refractivity contribution in [1.82, 2.24) is 0 Å². The molecule has 4 heteroatoms. The molecule has 4 nitrogen and oxygen atoms in total. The Morgan fingerprint density at radius 1 is 1.36 bits per heavy atom.